The second-order valence-electron chi connectivity index (χ2n) is 7.16. The van der Waals surface area contributed by atoms with E-state index in [1.165, 1.54) is 38.1 Å². The minimum Gasteiger partial charge on any atom is -0.505 e. The summed E-state index contributed by atoms with van der Waals surface area (Å²) < 4.78 is 20.2. The molecular formula is C21H26FN3O3. The summed E-state index contributed by atoms with van der Waals surface area (Å²) in [6.45, 7) is 2.68. The molecule has 0 bridgehead atoms. The van der Waals surface area contributed by atoms with E-state index in [1.807, 2.05) is 0 Å². The van der Waals surface area contributed by atoms with Gasteiger partial charge in [-0.3, -0.25) is 4.79 Å². The zero-order valence-electron chi connectivity index (χ0n) is 16.2. The summed E-state index contributed by atoms with van der Waals surface area (Å²) in [7, 11) is 0. The monoisotopic (exact) mass is 387 g/mol. The SMILES string of the molecule is CCCCCCCCOc1cc2c(c(F)n1)C(=O)C(c1ncc(O)cn1)CC2. The molecule has 150 valence electrons. The minimum absolute atomic E-state index is 0.000148. The fourth-order valence-electron chi connectivity index (χ4n) is 3.49. The zero-order valence-corrected chi connectivity index (χ0v) is 16.2. The molecule has 6 nitrogen and oxygen atoms in total. The van der Waals surface area contributed by atoms with E-state index in [1.54, 1.807) is 6.07 Å². The third-order valence-corrected chi connectivity index (χ3v) is 5.02. The third-order valence-electron chi connectivity index (χ3n) is 5.02. The lowest BCUT2D eigenvalue weighted by Gasteiger charge is -2.22. The predicted octanol–water partition coefficient (Wildman–Crippen LogP) is 4.37. The van der Waals surface area contributed by atoms with E-state index in [9.17, 15) is 14.3 Å². The number of hydrogen-bond donors (Lipinski definition) is 1. The fourth-order valence-corrected chi connectivity index (χ4v) is 3.49. The quantitative estimate of drug-likeness (QED) is 0.508. The van der Waals surface area contributed by atoms with Crippen molar-refractivity contribution in [2.45, 2.75) is 64.2 Å². The summed E-state index contributed by atoms with van der Waals surface area (Å²) in [6.07, 6.45) is 10.3. The molecule has 1 aliphatic carbocycles. The molecule has 3 rings (SSSR count). The van der Waals surface area contributed by atoms with Crippen molar-refractivity contribution in [3.8, 4) is 11.6 Å². The Morgan fingerprint density at radius 1 is 1.18 bits per heavy atom. The summed E-state index contributed by atoms with van der Waals surface area (Å²) in [5.41, 5.74) is 0.616. The van der Waals surface area contributed by atoms with Crippen LogP contribution in [0.1, 0.15) is 79.5 Å². The molecule has 0 aliphatic heterocycles. The lowest BCUT2D eigenvalue weighted by Crippen LogP contribution is -2.25. The van der Waals surface area contributed by atoms with Crippen LogP contribution in [0.25, 0.3) is 0 Å². The van der Waals surface area contributed by atoms with E-state index in [4.69, 9.17) is 4.74 Å². The van der Waals surface area contributed by atoms with E-state index >= 15 is 0 Å². The van der Waals surface area contributed by atoms with Gasteiger partial charge in [-0.1, -0.05) is 39.0 Å². The van der Waals surface area contributed by atoms with Gasteiger partial charge in [0.15, 0.2) is 11.5 Å². The van der Waals surface area contributed by atoms with Gasteiger partial charge in [-0.2, -0.15) is 9.37 Å². The van der Waals surface area contributed by atoms with Crippen molar-refractivity contribution in [1.82, 2.24) is 15.0 Å². The Kier molecular flexibility index (Phi) is 6.90. The number of carbonyl (C=O) groups is 1. The van der Waals surface area contributed by atoms with E-state index in [0.717, 1.165) is 12.8 Å². The summed E-state index contributed by atoms with van der Waals surface area (Å²) in [6, 6.07) is 1.67. The number of ketones is 1. The zero-order chi connectivity index (χ0) is 19.9. The molecule has 0 saturated carbocycles. The van der Waals surface area contributed by atoms with Crippen molar-refractivity contribution in [2.75, 3.05) is 6.61 Å². The maximum absolute atomic E-state index is 14.6. The molecule has 0 saturated heterocycles. The second-order valence-corrected chi connectivity index (χ2v) is 7.16. The third kappa shape index (κ3) is 4.82. The van der Waals surface area contributed by atoms with Crippen LogP contribution in [0.2, 0.25) is 0 Å². The number of Topliss-reactive ketones (excluding diaryl/α,β-unsaturated/α-hetero) is 1. The average molecular weight is 387 g/mol. The first-order valence-electron chi connectivity index (χ1n) is 9.97. The van der Waals surface area contributed by atoms with Crippen molar-refractivity contribution < 1.29 is 19.0 Å². The van der Waals surface area contributed by atoms with Gasteiger partial charge in [0, 0.05) is 6.07 Å². The molecule has 28 heavy (non-hydrogen) atoms. The van der Waals surface area contributed by atoms with E-state index in [0.29, 0.717) is 25.0 Å². The number of pyridine rings is 1. The highest BCUT2D eigenvalue weighted by Crippen LogP contribution is 2.33. The molecule has 1 atom stereocenters. The first-order chi connectivity index (χ1) is 13.6. The number of carbonyl (C=O) groups excluding carboxylic acids is 1. The van der Waals surface area contributed by atoms with Gasteiger partial charge < -0.3 is 9.84 Å². The van der Waals surface area contributed by atoms with Crippen LogP contribution in [0, 0.1) is 5.95 Å². The summed E-state index contributed by atoms with van der Waals surface area (Å²) in [4.78, 5) is 24.6. The van der Waals surface area contributed by atoms with Gasteiger partial charge in [0.2, 0.25) is 11.8 Å². The predicted molar refractivity (Wildman–Crippen MR) is 102 cm³/mol. The van der Waals surface area contributed by atoms with E-state index < -0.39 is 11.9 Å². The van der Waals surface area contributed by atoms with Gasteiger partial charge in [0.05, 0.1) is 30.5 Å². The molecule has 2 aromatic heterocycles. The standard InChI is InChI=1S/C21H26FN3O3/c1-2-3-4-5-6-7-10-28-17-11-14-8-9-16(19(27)18(14)20(22)25-17)21-23-12-15(26)13-24-21/h11-13,16,26H,2-10H2,1H3. The Bertz CT molecular complexity index is 811. The summed E-state index contributed by atoms with van der Waals surface area (Å²) in [5.74, 6) is -1.36. The lowest BCUT2D eigenvalue weighted by atomic mass is 9.83. The minimum atomic E-state index is -0.802. The first kappa shape index (κ1) is 20.2. The molecule has 0 spiro atoms. The number of aromatic nitrogens is 3. The van der Waals surface area contributed by atoms with Crippen LogP contribution >= 0.6 is 0 Å². The normalized spacial score (nSPS) is 16.1. The lowest BCUT2D eigenvalue weighted by molar-refractivity contribution is 0.0936. The number of halogens is 1. The molecule has 0 amide bonds. The number of unbranched alkanes of at least 4 members (excludes halogenated alkanes) is 5. The maximum atomic E-state index is 14.6. The van der Waals surface area contributed by atoms with Crippen LogP contribution in [0.15, 0.2) is 18.5 Å². The van der Waals surface area contributed by atoms with Crippen LogP contribution in [-0.4, -0.2) is 32.4 Å². The number of ether oxygens (including phenoxy) is 1. The highest BCUT2D eigenvalue weighted by Gasteiger charge is 2.34. The van der Waals surface area contributed by atoms with Crippen molar-refractivity contribution >= 4 is 5.78 Å². The average Bonchev–Trinajstić information content (AvgIpc) is 2.68. The van der Waals surface area contributed by atoms with Crippen LogP contribution in [0.4, 0.5) is 4.39 Å². The van der Waals surface area contributed by atoms with E-state index in [2.05, 4.69) is 21.9 Å². The molecular weight excluding hydrogens is 361 g/mol. The molecule has 1 aliphatic rings. The van der Waals surface area contributed by atoms with Gasteiger partial charge in [0.1, 0.15) is 5.82 Å². The largest absolute Gasteiger partial charge is 0.505 e. The number of fused-ring (bicyclic) bond motifs is 1. The Balaban J connectivity index is 1.62. The molecule has 7 heteroatoms. The molecule has 1 unspecified atom stereocenters. The summed E-state index contributed by atoms with van der Waals surface area (Å²) in [5, 5.41) is 9.30. The molecule has 0 radical (unpaired) electrons. The summed E-state index contributed by atoms with van der Waals surface area (Å²) >= 11 is 0. The molecule has 2 aromatic rings. The number of aromatic hydroxyl groups is 1. The number of aryl methyl sites for hydroxylation is 1. The number of nitrogens with zero attached hydrogens (tertiary/aromatic N) is 3. The van der Waals surface area contributed by atoms with Crippen LogP contribution in [0.3, 0.4) is 0 Å². The fraction of sp³-hybridized carbons (Fsp3) is 0.524. The van der Waals surface area contributed by atoms with Crippen LogP contribution in [0.5, 0.6) is 11.6 Å². The Morgan fingerprint density at radius 2 is 1.89 bits per heavy atom. The Labute approximate surface area is 164 Å². The van der Waals surface area contributed by atoms with Crippen molar-refractivity contribution in [3.63, 3.8) is 0 Å². The Hall–Kier alpha value is -2.57. The van der Waals surface area contributed by atoms with Gasteiger partial charge in [0.25, 0.3) is 0 Å². The van der Waals surface area contributed by atoms with Gasteiger partial charge in [-0.05, 0) is 24.8 Å². The smallest absolute Gasteiger partial charge is 0.227 e. The van der Waals surface area contributed by atoms with Crippen molar-refractivity contribution in [2.24, 2.45) is 0 Å². The highest BCUT2D eigenvalue weighted by molar-refractivity contribution is 6.02. The number of rotatable bonds is 9. The molecule has 0 fully saturated rings. The van der Waals surface area contributed by atoms with Gasteiger partial charge in [-0.25, -0.2) is 9.97 Å². The highest BCUT2D eigenvalue weighted by atomic mass is 19.1. The van der Waals surface area contributed by atoms with Crippen LogP contribution in [-0.2, 0) is 6.42 Å². The van der Waals surface area contributed by atoms with Gasteiger partial charge >= 0.3 is 0 Å². The second kappa shape index (κ2) is 9.57. The van der Waals surface area contributed by atoms with E-state index in [-0.39, 0.29) is 28.8 Å². The maximum Gasteiger partial charge on any atom is 0.227 e. The van der Waals surface area contributed by atoms with Gasteiger partial charge in [-0.15, -0.1) is 0 Å². The first-order valence-corrected chi connectivity index (χ1v) is 9.97. The topological polar surface area (TPSA) is 85.2 Å². The molecule has 0 aromatic carbocycles. The molecule has 2 heterocycles. The van der Waals surface area contributed by atoms with Crippen molar-refractivity contribution in [1.29, 1.82) is 0 Å². The number of hydrogen-bond acceptors (Lipinski definition) is 6. The molecule has 1 N–H and O–H groups in total. The Morgan fingerprint density at radius 3 is 2.64 bits per heavy atom. The van der Waals surface area contributed by atoms with Crippen LogP contribution < -0.4 is 4.74 Å². The van der Waals surface area contributed by atoms with Crippen molar-refractivity contribution in [3.05, 3.63) is 41.4 Å².